The van der Waals surface area contributed by atoms with Crippen molar-refractivity contribution in [3.05, 3.63) is 65.2 Å². The van der Waals surface area contributed by atoms with E-state index >= 15 is 0 Å². The molecule has 0 saturated carbocycles. The van der Waals surface area contributed by atoms with Crippen LogP contribution in [0.3, 0.4) is 0 Å². The Morgan fingerprint density at radius 2 is 1.78 bits per heavy atom. The Morgan fingerprint density at radius 1 is 1.11 bits per heavy atom. The van der Waals surface area contributed by atoms with Crippen LogP contribution in [0, 0.1) is 0 Å². The highest BCUT2D eigenvalue weighted by atomic mass is 35.5. The standard InChI is InChI=1S/C15H10Cl2O/c1-2-11-12(10-6-4-3-5-7-10)8-9-13(14(11)16)15(17)18/h2-9H,1H2. The molecule has 0 aliphatic rings. The molecule has 18 heavy (non-hydrogen) atoms. The summed E-state index contributed by atoms with van der Waals surface area (Å²) in [6.07, 6.45) is 1.63. The highest BCUT2D eigenvalue weighted by Gasteiger charge is 2.14. The number of halogens is 2. The summed E-state index contributed by atoms with van der Waals surface area (Å²) in [5, 5.41) is -0.228. The smallest absolute Gasteiger partial charge is 0.253 e. The summed E-state index contributed by atoms with van der Waals surface area (Å²) < 4.78 is 0. The second-order valence-corrected chi connectivity index (χ2v) is 4.45. The molecule has 0 heterocycles. The molecule has 0 amide bonds. The first-order valence-electron chi connectivity index (χ1n) is 5.35. The maximum Gasteiger partial charge on any atom is 0.253 e. The second-order valence-electron chi connectivity index (χ2n) is 3.73. The lowest BCUT2D eigenvalue weighted by Crippen LogP contribution is -1.94. The predicted molar refractivity (Wildman–Crippen MR) is 77.2 cm³/mol. The van der Waals surface area contributed by atoms with Gasteiger partial charge in [-0.2, -0.15) is 0 Å². The fourth-order valence-corrected chi connectivity index (χ4v) is 2.35. The van der Waals surface area contributed by atoms with Crippen LogP contribution >= 0.6 is 23.2 Å². The largest absolute Gasteiger partial charge is 0.276 e. The summed E-state index contributed by atoms with van der Waals surface area (Å²) in [6.45, 7) is 3.74. The first-order chi connectivity index (χ1) is 8.65. The molecule has 0 bridgehead atoms. The van der Waals surface area contributed by atoms with Gasteiger partial charge in [0.25, 0.3) is 5.24 Å². The lowest BCUT2D eigenvalue weighted by atomic mass is 9.97. The summed E-state index contributed by atoms with van der Waals surface area (Å²) in [6, 6.07) is 13.2. The van der Waals surface area contributed by atoms with E-state index in [-0.39, 0.29) is 0 Å². The van der Waals surface area contributed by atoms with E-state index < -0.39 is 5.24 Å². The Morgan fingerprint density at radius 3 is 2.33 bits per heavy atom. The molecule has 2 rings (SSSR count). The highest BCUT2D eigenvalue weighted by Crippen LogP contribution is 2.33. The molecule has 2 aromatic rings. The zero-order valence-electron chi connectivity index (χ0n) is 9.49. The lowest BCUT2D eigenvalue weighted by Gasteiger charge is -2.10. The third kappa shape index (κ3) is 2.33. The fraction of sp³-hybridized carbons (Fsp3) is 0. The number of hydrogen-bond acceptors (Lipinski definition) is 1. The van der Waals surface area contributed by atoms with Crippen LogP contribution in [0.4, 0.5) is 0 Å². The van der Waals surface area contributed by atoms with Crippen LogP contribution in [0.15, 0.2) is 49.0 Å². The third-order valence-electron chi connectivity index (χ3n) is 2.68. The molecule has 1 nitrogen and oxygen atoms in total. The van der Waals surface area contributed by atoms with Gasteiger partial charge in [-0.05, 0) is 28.8 Å². The van der Waals surface area contributed by atoms with Crippen LogP contribution in [-0.4, -0.2) is 5.24 Å². The van der Waals surface area contributed by atoms with E-state index in [9.17, 15) is 4.79 Å². The van der Waals surface area contributed by atoms with E-state index in [2.05, 4.69) is 6.58 Å². The first kappa shape index (κ1) is 12.9. The molecule has 0 N–H and O–H groups in total. The van der Waals surface area contributed by atoms with Gasteiger partial charge in [-0.1, -0.05) is 60.7 Å². The van der Waals surface area contributed by atoms with E-state index in [1.54, 1.807) is 12.1 Å². The summed E-state index contributed by atoms with van der Waals surface area (Å²) in [7, 11) is 0. The van der Waals surface area contributed by atoms with Gasteiger partial charge in [0.1, 0.15) is 0 Å². The predicted octanol–water partition coefficient (Wildman–Crippen LogP) is 5.03. The molecule has 0 aliphatic heterocycles. The Bertz CT molecular complexity index is 603. The third-order valence-corrected chi connectivity index (χ3v) is 3.29. The quantitative estimate of drug-likeness (QED) is 0.719. The SMILES string of the molecule is C=Cc1c(-c2ccccc2)ccc(C(=O)Cl)c1Cl. The number of carbonyl (C=O) groups is 1. The van der Waals surface area contributed by atoms with Crippen LogP contribution in [0.2, 0.25) is 5.02 Å². The van der Waals surface area contributed by atoms with Crippen molar-refractivity contribution in [1.29, 1.82) is 0 Å². The van der Waals surface area contributed by atoms with Gasteiger partial charge in [0.15, 0.2) is 0 Å². The minimum atomic E-state index is -0.567. The highest BCUT2D eigenvalue weighted by molar-refractivity contribution is 6.68. The zero-order valence-corrected chi connectivity index (χ0v) is 11.0. The van der Waals surface area contributed by atoms with E-state index in [4.69, 9.17) is 23.2 Å². The molecule has 2 aromatic carbocycles. The van der Waals surface area contributed by atoms with Gasteiger partial charge >= 0.3 is 0 Å². The van der Waals surface area contributed by atoms with Gasteiger partial charge in [-0.3, -0.25) is 4.79 Å². The van der Waals surface area contributed by atoms with Crippen molar-refractivity contribution >= 4 is 34.5 Å². The topological polar surface area (TPSA) is 17.1 Å². The maximum atomic E-state index is 11.2. The average molecular weight is 277 g/mol. The minimum absolute atomic E-state index is 0.299. The van der Waals surface area contributed by atoms with Crippen LogP contribution in [0.5, 0.6) is 0 Å². The van der Waals surface area contributed by atoms with Crippen LogP contribution in [0.25, 0.3) is 17.2 Å². The molecular weight excluding hydrogens is 267 g/mol. The second kappa shape index (κ2) is 5.38. The van der Waals surface area contributed by atoms with E-state index in [1.165, 1.54) is 0 Å². The number of carbonyl (C=O) groups excluding carboxylic acids is 1. The summed E-state index contributed by atoms with van der Waals surface area (Å²) in [4.78, 5) is 11.2. The van der Waals surface area contributed by atoms with Crippen molar-refractivity contribution in [2.24, 2.45) is 0 Å². The minimum Gasteiger partial charge on any atom is -0.276 e. The lowest BCUT2D eigenvalue weighted by molar-refractivity contribution is 0.108. The summed E-state index contributed by atoms with van der Waals surface area (Å²) >= 11 is 11.7. The monoisotopic (exact) mass is 276 g/mol. The Kier molecular flexibility index (Phi) is 3.85. The number of rotatable bonds is 3. The fourth-order valence-electron chi connectivity index (χ4n) is 1.81. The summed E-state index contributed by atoms with van der Waals surface area (Å²) in [5.41, 5.74) is 2.96. The molecule has 0 spiro atoms. The number of hydrogen-bond donors (Lipinski definition) is 0. The van der Waals surface area contributed by atoms with Crippen molar-refractivity contribution in [3.63, 3.8) is 0 Å². The van der Waals surface area contributed by atoms with Gasteiger partial charge in [0.05, 0.1) is 10.6 Å². The molecule has 0 aliphatic carbocycles. The molecule has 0 radical (unpaired) electrons. The number of benzene rings is 2. The summed E-state index contributed by atoms with van der Waals surface area (Å²) in [5.74, 6) is 0. The van der Waals surface area contributed by atoms with Crippen molar-refractivity contribution in [3.8, 4) is 11.1 Å². The molecule has 0 saturated heterocycles. The van der Waals surface area contributed by atoms with Crippen molar-refractivity contribution in [2.75, 3.05) is 0 Å². The van der Waals surface area contributed by atoms with Crippen molar-refractivity contribution in [2.45, 2.75) is 0 Å². The van der Waals surface area contributed by atoms with E-state index in [1.807, 2.05) is 36.4 Å². The van der Waals surface area contributed by atoms with Gasteiger partial charge in [0.2, 0.25) is 0 Å². The molecule has 90 valence electrons. The van der Waals surface area contributed by atoms with Gasteiger partial charge in [-0.15, -0.1) is 0 Å². The maximum absolute atomic E-state index is 11.2. The molecule has 0 fully saturated rings. The Labute approximate surface area is 116 Å². The molecule has 3 heteroatoms. The van der Waals surface area contributed by atoms with Crippen molar-refractivity contribution < 1.29 is 4.79 Å². The van der Waals surface area contributed by atoms with Crippen LogP contribution in [-0.2, 0) is 0 Å². The Hall–Kier alpha value is -1.57. The normalized spacial score (nSPS) is 10.1. The average Bonchev–Trinajstić information content (AvgIpc) is 2.39. The first-order valence-corrected chi connectivity index (χ1v) is 6.11. The molecule has 0 unspecified atom stereocenters. The molecule has 0 aromatic heterocycles. The van der Waals surface area contributed by atoms with E-state index in [0.29, 0.717) is 10.6 Å². The molecule has 0 atom stereocenters. The zero-order chi connectivity index (χ0) is 13.1. The van der Waals surface area contributed by atoms with E-state index in [0.717, 1.165) is 16.7 Å². The van der Waals surface area contributed by atoms with Gasteiger partial charge in [0, 0.05) is 5.56 Å². The van der Waals surface area contributed by atoms with Crippen LogP contribution < -0.4 is 0 Å². The molecular formula is C15H10Cl2O. The van der Waals surface area contributed by atoms with Crippen molar-refractivity contribution in [1.82, 2.24) is 0 Å². The van der Waals surface area contributed by atoms with Gasteiger partial charge < -0.3 is 0 Å². The van der Waals surface area contributed by atoms with Gasteiger partial charge in [-0.25, -0.2) is 0 Å². The van der Waals surface area contributed by atoms with Crippen LogP contribution in [0.1, 0.15) is 15.9 Å². The Balaban J connectivity index is 2.67.